The lowest BCUT2D eigenvalue weighted by atomic mass is 10.1. The number of aromatic hydroxyl groups is 1. The van der Waals surface area contributed by atoms with Gasteiger partial charge in [0.1, 0.15) is 34.8 Å². The molecule has 12 heteroatoms. The number of benzene rings is 1. The molecule has 1 aliphatic rings. The minimum absolute atomic E-state index is 0.0808. The summed E-state index contributed by atoms with van der Waals surface area (Å²) in [6.45, 7) is 2.70. The van der Waals surface area contributed by atoms with Gasteiger partial charge in [-0.2, -0.15) is 13.2 Å². The Bertz CT molecular complexity index is 1250. The minimum Gasteiger partial charge on any atom is -0.506 e. The highest BCUT2D eigenvalue weighted by atomic mass is 19.4. The lowest BCUT2D eigenvalue weighted by Gasteiger charge is -2.35. The number of para-hydroxylation sites is 1. The van der Waals surface area contributed by atoms with Gasteiger partial charge in [-0.25, -0.2) is 14.4 Å². The van der Waals surface area contributed by atoms with E-state index in [2.05, 4.69) is 9.97 Å². The number of pyridine rings is 1. The molecule has 8 nitrogen and oxygen atoms in total. The Labute approximate surface area is 178 Å². The quantitative estimate of drug-likeness (QED) is 0.602. The summed E-state index contributed by atoms with van der Waals surface area (Å²) in [5.41, 5.74) is -4.00. The van der Waals surface area contributed by atoms with Gasteiger partial charge in [0.15, 0.2) is 5.82 Å². The van der Waals surface area contributed by atoms with Crippen LogP contribution in [0.4, 0.5) is 23.4 Å². The molecule has 4 rings (SSSR count). The Balaban J connectivity index is 1.95. The number of phenols is 1. The van der Waals surface area contributed by atoms with Crippen LogP contribution in [0.15, 0.2) is 35.4 Å². The zero-order valence-corrected chi connectivity index (χ0v) is 16.7. The molecule has 3 aromatic rings. The molecular weight excluding hydrogens is 434 g/mol. The van der Waals surface area contributed by atoms with E-state index >= 15 is 0 Å². The summed E-state index contributed by atoms with van der Waals surface area (Å²) in [6.07, 6.45) is -4.02. The lowest BCUT2D eigenvalue weighted by molar-refractivity contribution is -0.142. The number of fused-ring (bicyclic) bond motifs is 1. The zero-order chi connectivity index (χ0) is 23.2. The van der Waals surface area contributed by atoms with E-state index in [0.717, 1.165) is 24.5 Å². The summed E-state index contributed by atoms with van der Waals surface area (Å²) in [5, 5.41) is 9.86. The first kappa shape index (κ1) is 21.5. The van der Waals surface area contributed by atoms with Gasteiger partial charge in [-0.1, -0.05) is 6.07 Å². The van der Waals surface area contributed by atoms with Crippen molar-refractivity contribution in [2.24, 2.45) is 0 Å². The summed E-state index contributed by atoms with van der Waals surface area (Å²) < 4.78 is 56.3. The van der Waals surface area contributed by atoms with Gasteiger partial charge in [-0.3, -0.25) is 14.2 Å². The molecule has 3 heterocycles. The van der Waals surface area contributed by atoms with E-state index in [1.165, 1.54) is 6.92 Å². The van der Waals surface area contributed by atoms with Crippen LogP contribution < -0.4 is 10.5 Å². The molecule has 1 saturated heterocycles. The van der Waals surface area contributed by atoms with Gasteiger partial charge >= 0.3 is 6.18 Å². The largest absolute Gasteiger partial charge is 0.506 e. The molecule has 1 fully saturated rings. The van der Waals surface area contributed by atoms with Crippen molar-refractivity contribution < 1.29 is 27.5 Å². The van der Waals surface area contributed by atoms with Crippen LogP contribution in [0.1, 0.15) is 12.6 Å². The zero-order valence-electron chi connectivity index (χ0n) is 16.7. The van der Waals surface area contributed by atoms with Crippen LogP contribution in [-0.4, -0.2) is 56.6 Å². The van der Waals surface area contributed by atoms with E-state index in [1.54, 1.807) is 9.80 Å². The number of halogens is 4. The number of alkyl halides is 3. The number of carbonyl (C=O) groups is 1. The smallest absolute Gasteiger partial charge is 0.431 e. The van der Waals surface area contributed by atoms with E-state index in [-0.39, 0.29) is 27.2 Å². The van der Waals surface area contributed by atoms with Crippen molar-refractivity contribution in [2.45, 2.75) is 13.1 Å². The summed E-state index contributed by atoms with van der Waals surface area (Å²) in [4.78, 5) is 35.8. The van der Waals surface area contributed by atoms with E-state index < -0.39 is 34.7 Å². The Morgan fingerprint density at radius 2 is 1.81 bits per heavy atom. The summed E-state index contributed by atoms with van der Waals surface area (Å²) >= 11 is 0. The van der Waals surface area contributed by atoms with Crippen molar-refractivity contribution in [2.75, 3.05) is 31.1 Å². The maximum atomic E-state index is 14.4. The summed E-state index contributed by atoms with van der Waals surface area (Å²) in [6, 6.07) is 3.60. The number of rotatable bonds is 2. The van der Waals surface area contributed by atoms with Crippen LogP contribution in [0, 0.1) is 5.82 Å². The van der Waals surface area contributed by atoms with Crippen LogP contribution in [0.2, 0.25) is 0 Å². The average molecular weight is 451 g/mol. The van der Waals surface area contributed by atoms with Gasteiger partial charge in [0.2, 0.25) is 5.91 Å². The number of hydrogen-bond acceptors (Lipinski definition) is 6. The Hall–Kier alpha value is -3.70. The summed E-state index contributed by atoms with van der Waals surface area (Å²) in [5.74, 6) is -2.05. The van der Waals surface area contributed by atoms with Gasteiger partial charge in [-0.05, 0) is 18.2 Å². The normalized spacial score (nSPS) is 14.8. The van der Waals surface area contributed by atoms with E-state index in [1.807, 2.05) is 0 Å². The third-order valence-electron chi connectivity index (χ3n) is 5.29. The first-order valence-corrected chi connectivity index (χ1v) is 9.56. The first-order valence-electron chi connectivity index (χ1n) is 9.56. The van der Waals surface area contributed by atoms with Crippen molar-refractivity contribution in [3.8, 4) is 11.4 Å². The SMILES string of the molecule is CC(=O)N1CCN(c2ncnc3c(=O)n(-c4c(O)cccc4F)c(C(F)(F)F)cc23)CC1. The fourth-order valence-corrected chi connectivity index (χ4v) is 3.75. The molecule has 1 aliphatic heterocycles. The molecule has 168 valence electrons. The van der Waals surface area contributed by atoms with Crippen molar-refractivity contribution in [3.63, 3.8) is 0 Å². The minimum atomic E-state index is -5.05. The molecule has 1 amide bonds. The van der Waals surface area contributed by atoms with Crippen LogP contribution in [0.3, 0.4) is 0 Å². The maximum Gasteiger partial charge on any atom is 0.431 e. The lowest BCUT2D eigenvalue weighted by Crippen LogP contribution is -2.48. The molecular formula is C20H17F4N5O3. The molecule has 0 saturated carbocycles. The van der Waals surface area contributed by atoms with Crippen LogP contribution >= 0.6 is 0 Å². The average Bonchev–Trinajstić information content (AvgIpc) is 2.74. The Morgan fingerprint density at radius 1 is 1.12 bits per heavy atom. The number of carbonyl (C=O) groups excluding carboxylic acids is 1. The van der Waals surface area contributed by atoms with Gasteiger partial charge in [0.05, 0.1) is 5.39 Å². The highest BCUT2D eigenvalue weighted by Crippen LogP contribution is 2.36. The van der Waals surface area contributed by atoms with E-state index in [4.69, 9.17) is 0 Å². The van der Waals surface area contributed by atoms with Crippen molar-refractivity contribution >= 4 is 22.6 Å². The monoisotopic (exact) mass is 451 g/mol. The number of amides is 1. The Morgan fingerprint density at radius 3 is 2.41 bits per heavy atom. The number of piperazine rings is 1. The van der Waals surface area contributed by atoms with E-state index in [9.17, 15) is 32.3 Å². The molecule has 32 heavy (non-hydrogen) atoms. The number of anilines is 1. The van der Waals surface area contributed by atoms with Gasteiger partial charge in [0, 0.05) is 33.1 Å². The number of hydrogen-bond donors (Lipinski definition) is 1. The molecule has 1 aromatic carbocycles. The third-order valence-corrected chi connectivity index (χ3v) is 5.29. The number of nitrogens with zero attached hydrogens (tertiary/aromatic N) is 5. The maximum absolute atomic E-state index is 14.4. The van der Waals surface area contributed by atoms with Crippen LogP contribution in [-0.2, 0) is 11.0 Å². The van der Waals surface area contributed by atoms with Gasteiger partial charge in [0.25, 0.3) is 5.56 Å². The molecule has 0 atom stereocenters. The molecule has 2 aromatic heterocycles. The molecule has 0 unspecified atom stereocenters. The predicted molar refractivity (Wildman–Crippen MR) is 106 cm³/mol. The fourth-order valence-electron chi connectivity index (χ4n) is 3.75. The second kappa shape index (κ2) is 7.77. The molecule has 0 spiro atoms. The molecule has 1 N–H and O–H groups in total. The van der Waals surface area contributed by atoms with E-state index in [0.29, 0.717) is 32.2 Å². The van der Waals surface area contributed by atoms with Crippen molar-refractivity contribution in [1.82, 2.24) is 19.4 Å². The topological polar surface area (TPSA) is 91.6 Å². The van der Waals surface area contributed by atoms with Crippen LogP contribution in [0.5, 0.6) is 5.75 Å². The standard InChI is InChI=1S/C20H17F4N5O3/c1-11(30)27-5-7-28(8-6-27)18-12-9-15(20(22,23)24)29(19(32)16(12)25-10-26-18)17-13(21)3-2-4-14(17)31/h2-4,9-10,31H,5-8H2,1H3. The van der Waals surface area contributed by atoms with Crippen molar-refractivity contribution in [1.29, 1.82) is 0 Å². The third kappa shape index (κ3) is 3.61. The molecule has 0 bridgehead atoms. The second-order valence-electron chi connectivity index (χ2n) is 7.23. The molecule has 0 radical (unpaired) electrons. The predicted octanol–water partition coefficient (Wildman–Crippen LogP) is 2.31. The molecule has 0 aliphatic carbocycles. The Kier molecular flexibility index (Phi) is 5.23. The van der Waals surface area contributed by atoms with Crippen LogP contribution in [0.25, 0.3) is 16.6 Å². The first-order chi connectivity index (χ1) is 15.1. The van der Waals surface area contributed by atoms with Gasteiger partial charge in [-0.15, -0.1) is 0 Å². The van der Waals surface area contributed by atoms with Crippen molar-refractivity contribution in [3.05, 3.63) is 52.5 Å². The second-order valence-corrected chi connectivity index (χ2v) is 7.23. The number of aromatic nitrogens is 3. The summed E-state index contributed by atoms with van der Waals surface area (Å²) in [7, 11) is 0. The highest BCUT2D eigenvalue weighted by molar-refractivity contribution is 5.89. The fraction of sp³-hybridized carbons (Fsp3) is 0.300. The highest BCUT2D eigenvalue weighted by Gasteiger charge is 2.38. The number of phenolic OH excluding ortho intramolecular Hbond substituents is 1. The van der Waals surface area contributed by atoms with Gasteiger partial charge < -0.3 is 14.9 Å².